The lowest BCUT2D eigenvalue weighted by Crippen LogP contribution is -2.07. The quantitative estimate of drug-likeness (QED) is 0.364. The largest absolute Gasteiger partial charge is 0.481 e. The molecular formula is C12H13N3O2. The summed E-state index contributed by atoms with van der Waals surface area (Å²) in [7, 11) is 0. The van der Waals surface area contributed by atoms with Crippen LogP contribution in [0.4, 0.5) is 0 Å². The molecule has 0 aliphatic heterocycles. The molecule has 0 radical (unpaired) electrons. The summed E-state index contributed by atoms with van der Waals surface area (Å²) in [4.78, 5) is 2.62. The number of aliphatic hydroxyl groups is 1. The number of hydrogen-bond donors (Lipinski definition) is 1. The van der Waals surface area contributed by atoms with Crippen LogP contribution in [0, 0.1) is 11.8 Å². The third-order valence-electron chi connectivity index (χ3n) is 1.94. The first-order chi connectivity index (χ1) is 8.36. The molecular weight excluding hydrogens is 218 g/mol. The van der Waals surface area contributed by atoms with E-state index >= 15 is 0 Å². The van der Waals surface area contributed by atoms with Gasteiger partial charge in [0.05, 0.1) is 12.6 Å². The van der Waals surface area contributed by atoms with Gasteiger partial charge < -0.3 is 9.84 Å². The highest BCUT2D eigenvalue weighted by Gasteiger charge is 2.00. The second-order valence-corrected chi connectivity index (χ2v) is 3.20. The summed E-state index contributed by atoms with van der Waals surface area (Å²) < 4.78 is 5.34. The van der Waals surface area contributed by atoms with Crippen LogP contribution in [0.2, 0.25) is 0 Å². The third-order valence-corrected chi connectivity index (χ3v) is 1.94. The summed E-state index contributed by atoms with van der Waals surface area (Å²) >= 11 is 0. The molecule has 88 valence electrons. The first kappa shape index (κ1) is 12.9. The van der Waals surface area contributed by atoms with Crippen LogP contribution in [0.25, 0.3) is 10.4 Å². The number of azide groups is 1. The van der Waals surface area contributed by atoms with Crippen molar-refractivity contribution < 1.29 is 9.84 Å². The van der Waals surface area contributed by atoms with E-state index in [0.29, 0.717) is 6.42 Å². The molecule has 0 saturated heterocycles. The van der Waals surface area contributed by atoms with E-state index in [1.807, 2.05) is 30.3 Å². The Hall–Kier alpha value is -2.15. The second-order valence-electron chi connectivity index (χ2n) is 3.20. The summed E-state index contributed by atoms with van der Waals surface area (Å²) in [5.41, 5.74) is 8.19. The molecule has 1 unspecified atom stereocenters. The van der Waals surface area contributed by atoms with Gasteiger partial charge in [0.1, 0.15) is 12.4 Å². The zero-order valence-electron chi connectivity index (χ0n) is 9.28. The molecule has 1 aromatic carbocycles. The Morgan fingerprint density at radius 2 is 2.12 bits per heavy atom. The Balaban J connectivity index is 2.29. The minimum atomic E-state index is -0.482. The third kappa shape index (κ3) is 5.47. The van der Waals surface area contributed by atoms with E-state index < -0.39 is 6.04 Å². The van der Waals surface area contributed by atoms with Crippen molar-refractivity contribution in [3.8, 4) is 17.6 Å². The highest BCUT2D eigenvalue weighted by atomic mass is 16.5. The minimum Gasteiger partial charge on any atom is -0.481 e. The van der Waals surface area contributed by atoms with Gasteiger partial charge in [0, 0.05) is 11.3 Å². The highest BCUT2D eigenvalue weighted by Crippen LogP contribution is 2.07. The fraction of sp³-hybridized carbons (Fsp3) is 0.333. The summed E-state index contributed by atoms with van der Waals surface area (Å²) in [5, 5.41) is 12.2. The second kappa shape index (κ2) is 8.05. The lowest BCUT2D eigenvalue weighted by Gasteiger charge is -2.01. The maximum Gasteiger partial charge on any atom is 0.149 e. The van der Waals surface area contributed by atoms with Crippen molar-refractivity contribution in [2.45, 2.75) is 12.5 Å². The molecule has 0 spiro atoms. The molecule has 1 atom stereocenters. The molecule has 1 N–H and O–H groups in total. The van der Waals surface area contributed by atoms with E-state index in [1.165, 1.54) is 0 Å². The molecule has 17 heavy (non-hydrogen) atoms. The van der Waals surface area contributed by atoms with E-state index in [4.69, 9.17) is 15.4 Å². The maximum absolute atomic E-state index is 8.83. The average Bonchev–Trinajstić information content (AvgIpc) is 2.38. The van der Waals surface area contributed by atoms with Gasteiger partial charge in [-0.3, -0.25) is 0 Å². The van der Waals surface area contributed by atoms with E-state index in [2.05, 4.69) is 21.9 Å². The van der Waals surface area contributed by atoms with Crippen molar-refractivity contribution in [1.29, 1.82) is 0 Å². The Morgan fingerprint density at radius 3 is 2.76 bits per heavy atom. The van der Waals surface area contributed by atoms with Crippen molar-refractivity contribution in [3.05, 3.63) is 40.8 Å². The van der Waals surface area contributed by atoms with Gasteiger partial charge in [-0.2, -0.15) is 0 Å². The average molecular weight is 231 g/mol. The van der Waals surface area contributed by atoms with Crippen molar-refractivity contribution in [2.75, 3.05) is 13.2 Å². The number of rotatable bonds is 5. The van der Waals surface area contributed by atoms with Crippen molar-refractivity contribution >= 4 is 0 Å². The van der Waals surface area contributed by atoms with Crippen molar-refractivity contribution in [2.24, 2.45) is 5.11 Å². The van der Waals surface area contributed by atoms with Gasteiger partial charge in [-0.15, -0.1) is 0 Å². The van der Waals surface area contributed by atoms with Gasteiger partial charge in [-0.25, -0.2) is 0 Å². The van der Waals surface area contributed by atoms with Gasteiger partial charge in [0.2, 0.25) is 0 Å². The van der Waals surface area contributed by atoms with Crippen LogP contribution < -0.4 is 4.74 Å². The van der Waals surface area contributed by atoms with Gasteiger partial charge in [-0.05, 0) is 17.7 Å². The standard InChI is InChI=1S/C12H13N3O2/c13-15-14-11(10-16)6-4-5-9-17-12-7-2-1-3-8-12/h1-3,7-8,11,16H,6,9-10H2. The van der Waals surface area contributed by atoms with E-state index in [9.17, 15) is 0 Å². The number of nitrogens with zero attached hydrogens (tertiary/aromatic N) is 3. The number of aliphatic hydroxyl groups excluding tert-OH is 1. The Labute approximate surface area is 99.7 Å². The first-order valence-electron chi connectivity index (χ1n) is 5.15. The SMILES string of the molecule is [N-]=[N+]=NC(CO)CC#CCOc1ccccc1. The fourth-order valence-corrected chi connectivity index (χ4v) is 1.09. The lowest BCUT2D eigenvalue weighted by atomic mass is 10.2. The molecule has 1 rings (SSSR count). The predicted octanol–water partition coefficient (Wildman–Crippen LogP) is 2.13. The van der Waals surface area contributed by atoms with Crippen LogP contribution >= 0.6 is 0 Å². The van der Waals surface area contributed by atoms with Crippen LogP contribution in [0.1, 0.15) is 6.42 Å². The molecule has 0 amide bonds. The van der Waals surface area contributed by atoms with Gasteiger partial charge in [0.15, 0.2) is 0 Å². The molecule has 0 aliphatic carbocycles. The molecule has 5 nitrogen and oxygen atoms in total. The molecule has 0 aromatic heterocycles. The maximum atomic E-state index is 8.83. The molecule has 0 bridgehead atoms. The van der Waals surface area contributed by atoms with Gasteiger partial charge in [0.25, 0.3) is 0 Å². The summed E-state index contributed by atoms with van der Waals surface area (Å²) in [6.07, 6.45) is 0.332. The molecule has 1 aromatic rings. The number of hydrogen-bond acceptors (Lipinski definition) is 3. The Kier molecular flexibility index (Phi) is 6.12. The number of ether oxygens (including phenoxy) is 1. The van der Waals surface area contributed by atoms with E-state index in [1.54, 1.807) is 0 Å². The van der Waals surface area contributed by atoms with Gasteiger partial charge >= 0.3 is 0 Å². The zero-order chi connectivity index (χ0) is 12.3. The fourth-order valence-electron chi connectivity index (χ4n) is 1.09. The molecule has 5 heteroatoms. The highest BCUT2D eigenvalue weighted by molar-refractivity contribution is 5.21. The molecule has 0 heterocycles. The Bertz CT molecular complexity index is 430. The molecule has 0 saturated carbocycles. The minimum absolute atomic E-state index is 0.196. The van der Waals surface area contributed by atoms with Crippen LogP contribution in [-0.4, -0.2) is 24.4 Å². The van der Waals surface area contributed by atoms with Crippen LogP contribution in [0.15, 0.2) is 35.4 Å². The summed E-state index contributed by atoms with van der Waals surface area (Å²) in [6.45, 7) is 0.0801. The predicted molar refractivity (Wildman–Crippen MR) is 64.3 cm³/mol. The van der Waals surface area contributed by atoms with Gasteiger partial charge in [-0.1, -0.05) is 35.2 Å². The smallest absolute Gasteiger partial charge is 0.149 e. The first-order valence-corrected chi connectivity index (χ1v) is 5.15. The number of para-hydroxylation sites is 1. The van der Waals surface area contributed by atoms with E-state index in [0.717, 1.165) is 5.75 Å². The zero-order valence-corrected chi connectivity index (χ0v) is 9.28. The van der Waals surface area contributed by atoms with Crippen LogP contribution in [0.5, 0.6) is 5.75 Å². The normalized spacial score (nSPS) is 10.6. The Morgan fingerprint density at radius 1 is 1.35 bits per heavy atom. The monoisotopic (exact) mass is 231 g/mol. The lowest BCUT2D eigenvalue weighted by molar-refractivity contribution is 0.267. The molecule has 0 aliphatic rings. The topological polar surface area (TPSA) is 78.2 Å². The van der Waals surface area contributed by atoms with Crippen molar-refractivity contribution in [3.63, 3.8) is 0 Å². The van der Waals surface area contributed by atoms with Crippen molar-refractivity contribution in [1.82, 2.24) is 0 Å². The molecule has 0 fully saturated rings. The summed E-state index contributed by atoms with van der Waals surface area (Å²) in [5.74, 6) is 6.34. The number of benzene rings is 1. The summed E-state index contributed by atoms with van der Waals surface area (Å²) in [6, 6.07) is 8.88. The van der Waals surface area contributed by atoms with Crippen LogP contribution in [-0.2, 0) is 0 Å². The van der Waals surface area contributed by atoms with E-state index in [-0.39, 0.29) is 13.2 Å². The van der Waals surface area contributed by atoms with Crippen LogP contribution in [0.3, 0.4) is 0 Å².